The van der Waals surface area contributed by atoms with Crippen LogP contribution in [0, 0.1) is 5.92 Å². The summed E-state index contributed by atoms with van der Waals surface area (Å²) >= 11 is 0. The molecule has 8 heteroatoms. The molecule has 0 fully saturated rings. The average molecular weight is 327 g/mol. The van der Waals surface area contributed by atoms with Gasteiger partial charge in [0.05, 0.1) is 6.04 Å². The topological polar surface area (TPSA) is 102 Å². The smallest absolute Gasteiger partial charge is 0.184 e. The second-order valence-corrected chi connectivity index (χ2v) is 6.02. The van der Waals surface area contributed by atoms with Crippen molar-refractivity contribution in [2.24, 2.45) is 5.92 Å². The second kappa shape index (κ2) is 7.31. The molecule has 0 spiro atoms. The third-order valence-corrected chi connectivity index (χ3v) is 3.81. The van der Waals surface area contributed by atoms with E-state index in [0.717, 1.165) is 12.0 Å². The molecule has 0 aliphatic heterocycles. The lowest BCUT2D eigenvalue weighted by molar-refractivity contribution is 0.232. The molecule has 0 saturated heterocycles. The summed E-state index contributed by atoms with van der Waals surface area (Å²) in [6.07, 6.45) is 5.80. The quantitative estimate of drug-likeness (QED) is 0.677. The summed E-state index contributed by atoms with van der Waals surface area (Å²) in [5.74, 6) is 0.691. The number of fused-ring (bicyclic) bond motifs is 1. The molecule has 0 amide bonds. The van der Waals surface area contributed by atoms with Gasteiger partial charge in [-0.1, -0.05) is 11.3 Å². The van der Waals surface area contributed by atoms with Gasteiger partial charge in [0.2, 0.25) is 0 Å². The fourth-order valence-corrected chi connectivity index (χ4v) is 2.54. The molecule has 3 heterocycles. The van der Waals surface area contributed by atoms with Gasteiger partial charge in [0, 0.05) is 31.5 Å². The van der Waals surface area contributed by atoms with E-state index in [4.69, 9.17) is 0 Å². The van der Waals surface area contributed by atoms with Crippen LogP contribution in [0.3, 0.4) is 0 Å². The van der Waals surface area contributed by atoms with Gasteiger partial charge >= 0.3 is 0 Å². The van der Waals surface area contributed by atoms with Crippen LogP contribution in [0.1, 0.15) is 25.5 Å². The van der Waals surface area contributed by atoms with E-state index in [1.54, 1.807) is 10.9 Å². The maximum atomic E-state index is 9.63. The molecular weight excluding hydrogens is 306 g/mol. The molecule has 1 unspecified atom stereocenters. The Kier molecular flexibility index (Phi) is 4.95. The molecule has 0 bridgehead atoms. The first-order valence-electron chi connectivity index (χ1n) is 7.98. The SMILES string of the molecule is CC(C)n1nnc2c(NCC(CO)Cc3cccnc3)ncnc21. The van der Waals surface area contributed by atoms with Crippen LogP contribution in [0.25, 0.3) is 11.2 Å². The molecule has 3 rings (SSSR count). The van der Waals surface area contributed by atoms with E-state index in [9.17, 15) is 5.11 Å². The van der Waals surface area contributed by atoms with Gasteiger partial charge in [0.15, 0.2) is 17.0 Å². The zero-order chi connectivity index (χ0) is 16.9. The normalized spacial score (nSPS) is 12.7. The summed E-state index contributed by atoms with van der Waals surface area (Å²) < 4.78 is 1.77. The highest BCUT2D eigenvalue weighted by Gasteiger charge is 2.15. The van der Waals surface area contributed by atoms with Crippen LogP contribution in [0.15, 0.2) is 30.9 Å². The predicted octanol–water partition coefficient (Wildman–Crippen LogP) is 1.46. The number of nitrogens with one attached hydrogen (secondary N) is 1. The molecule has 0 aromatic carbocycles. The fraction of sp³-hybridized carbons (Fsp3) is 0.438. The molecule has 0 aliphatic rings. The number of hydrogen-bond donors (Lipinski definition) is 2. The van der Waals surface area contributed by atoms with Crippen LogP contribution in [0.2, 0.25) is 0 Å². The van der Waals surface area contributed by atoms with Crippen LogP contribution in [0.4, 0.5) is 5.82 Å². The Bertz CT molecular complexity index is 787. The number of aliphatic hydroxyl groups excluding tert-OH is 1. The Labute approximate surface area is 140 Å². The Hall–Kier alpha value is -2.61. The average Bonchev–Trinajstić information content (AvgIpc) is 3.04. The minimum absolute atomic E-state index is 0.0550. The molecule has 8 nitrogen and oxygen atoms in total. The zero-order valence-corrected chi connectivity index (χ0v) is 13.8. The third kappa shape index (κ3) is 3.48. The van der Waals surface area contributed by atoms with Crippen molar-refractivity contribution >= 4 is 17.0 Å². The standard InChI is InChI=1S/C16H21N7O/c1-11(2)23-16-14(21-22-23)15(19-10-20-16)18-8-13(9-24)6-12-4-3-5-17-7-12/h3-5,7,10-11,13,24H,6,8-9H2,1-2H3,(H,18,19,20). The van der Waals surface area contributed by atoms with E-state index in [2.05, 4.69) is 30.6 Å². The molecule has 0 saturated carbocycles. The lowest BCUT2D eigenvalue weighted by Crippen LogP contribution is -2.21. The van der Waals surface area contributed by atoms with Gasteiger partial charge in [-0.2, -0.15) is 0 Å². The maximum Gasteiger partial charge on any atom is 0.184 e. The van der Waals surface area contributed by atoms with E-state index in [-0.39, 0.29) is 18.6 Å². The summed E-state index contributed by atoms with van der Waals surface area (Å²) in [5, 5.41) is 21.2. The van der Waals surface area contributed by atoms with Crippen molar-refractivity contribution in [3.8, 4) is 0 Å². The Morgan fingerprint density at radius 2 is 2.17 bits per heavy atom. The van der Waals surface area contributed by atoms with Crippen molar-refractivity contribution in [1.82, 2.24) is 29.9 Å². The third-order valence-electron chi connectivity index (χ3n) is 3.81. The van der Waals surface area contributed by atoms with Gasteiger partial charge in [-0.25, -0.2) is 14.6 Å². The highest BCUT2D eigenvalue weighted by molar-refractivity contribution is 5.81. The largest absolute Gasteiger partial charge is 0.396 e. The molecule has 126 valence electrons. The van der Waals surface area contributed by atoms with Gasteiger partial charge in [0.25, 0.3) is 0 Å². The van der Waals surface area contributed by atoms with E-state index in [1.807, 2.05) is 32.2 Å². The van der Waals surface area contributed by atoms with Gasteiger partial charge in [-0.15, -0.1) is 5.10 Å². The highest BCUT2D eigenvalue weighted by atomic mass is 16.3. The van der Waals surface area contributed by atoms with Crippen molar-refractivity contribution in [2.75, 3.05) is 18.5 Å². The van der Waals surface area contributed by atoms with Crippen LogP contribution < -0.4 is 5.32 Å². The lowest BCUT2D eigenvalue weighted by atomic mass is 10.0. The monoisotopic (exact) mass is 327 g/mol. The van der Waals surface area contributed by atoms with E-state index >= 15 is 0 Å². The predicted molar refractivity (Wildman–Crippen MR) is 90.5 cm³/mol. The van der Waals surface area contributed by atoms with Crippen LogP contribution in [-0.4, -0.2) is 48.2 Å². The first-order valence-corrected chi connectivity index (χ1v) is 7.98. The number of rotatable bonds is 7. The number of anilines is 1. The Morgan fingerprint density at radius 3 is 2.88 bits per heavy atom. The van der Waals surface area contributed by atoms with Gasteiger partial charge < -0.3 is 10.4 Å². The van der Waals surface area contributed by atoms with E-state index in [0.29, 0.717) is 23.5 Å². The van der Waals surface area contributed by atoms with E-state index < -0.39 is 0 Å². The molecule has 24 heavy (non-hydrogen) atoms. The summed E-state index contributed by atoms with van der Waals surface area (Å²) in [5.41, 5.74) is 2.44. The summed E-state index contributed by atoms with van der Waals surface area (Å²) in [4.78, 5) is 12.6. The van der Waals surface area contributed by atoms with Crippen molar-refractivity contribution in [3.63, 3.8) is 0 Å². The van der Waals surface area contributed by atoms with E-state index in [1.165, 1.54) is 6.33 Å². The number of aromatic nitrogens is 6. The van der Waals surface area contributed by atoms with Crippen molar-refractivity contribution < 1.29 is 5.11 Å². The molecule has 0 radical (unpaired) electrons. The molecule has 1 atom stereocenters. The summed E-state index contributed by atoms with van der Waals surface area (Å²) in [7, 11) is 0. The first-order chi connectivity index (χ1) is 11.7. The number of pyridine rings is 1. The van der Waals surface area contributed by atoms with Gasteiger partial charge in [-0.3, -0.25) is 4.98 Å². The van der Waals surface area contributed by atoms with Gasteiger partial charge in [-0.05, 0) is 31.9 Å². The molecule has 2 N–H and O–H groups in total. The molecule has 0 aliphatic carbocycles. The molecule has 3 aromatic rings. The number of aliphatic hydroxyl groups is 1. The van der Waals surface area contributed by atoms with Crippen LogP contribution in [-0.2, 0) is 6.42 Å². The van der Waals surface area contributed by atoms with Crippen LogP contribution >= 0.6 is 0 Å². The second-order valence-electron chi connectivity index (χ2n) is 6.02. The van der Waals surface area contributed by atoms with Crippen molar-refractivity contribution in [1.29, 1.82) is 0 Å². The van der Waals surface area contributed by atoms with Gasteiger partial charge in [0.1, 0.15) is 6.33 Å². The summed E-state index contributed by atoms with van der Waals surface area (Å²) in [6, 6.07) is 4.08. The minimum Gasteiger partial charge on any atom is -0.396 e. The summed E-state index contributed by atoms with van der Waals surface area (Å²) in [6.45, 7) is 4.71. The Balaban J connectivity index is 1.72. The highest BCUT2D eigenvalue weighted by Crippen LogP contribution is 2.19. The number of hydrogen-bond acceptors (Lipinski definition) is 7. The molecular formula is C16H21N7O. The van der Waals surface area contributed by atoms with Crippen molar-refractivity contribution in [3.05, 3.63) is 36.4 Å². The zero-order valence-electron chi connectivity index (χ0n) is 13.8. The fourth-order valence-electron chi connectivity index (χ4n) is 2.54. The molecule has 3 aromatic heterocycles. The van der Waals surface area contributed by atoms with Crippen LogP contribution in [0.5, 0.6) is 0 Å². The minimum atomic E-state index is 0.0550. The maximum absolute atomic E-state index is 9.63. The lowest BCUT2D eigenvalue weighted by Gasteiger charge is -2.15. The first kappa shape index (κ1) is 16.3. The Morgan fingerprint density at radius 1 is 1.29 bits per heavy atom. The van der Waals surface area contributed by atoms with Crippen molar-refractivity contribution in [2.45, 2.75) is 26.3 Å². The number of nitrogens with zero attached hydrogens (tertiary/aromatic N) is 6.